The fourth-order valence-electron chi connectivity index (χ4n) is 2.72. The average Bonchev–Trinajstić information content (AvgIpc) is 3.08. The maximum Gasteiger partial charge on any atom is 0.274 e. The predicted molar refractivity (Wildman–Crippen MR) is 109 cm³/mol. The van der Waals surface area contributed by atoms with Crippen molar-refractivity contribution in [3.05, 3.63) is 52.8 Å². The molecule has 1 unspecified atom stereocenters. The molecule has 2 amide bonds. The Morgan fingerprint density at radius 3 is 2.04 bits per heavy atom. The molecule has 4 N–H and O–H groups in total. The van der Waals surface area contributed by atoms with Gasteiger partial charge in [-0.25, -0.2) is 5.48 Å². The molecule has 0 fully saturated rings. The number of hydrogen-bond donors (Lipinski definition) is 4. The Morgan fingerprint density at radius 1 is 1.04 bits per heavy atom. The summed E-state index contributed by atoms with van der Waals surface area (Å²) in [6, 6.07) is 8.24. The van der Waals surface area contributed by atoms with Crippen LogP contribution in [-0.2, 0) is 5.41 Å². The van der Waals surface area contributed by atoms with Gasteiger partial charge in [0, 0.05) is 16.7 Å². The van der Waals surface area contributed by atoms with Crippen molar-refractivity contribution in [2.45, 2.75) is 60.4 Å². The molecule has 7 heteroatoms. The molecule has 0 saturated heterocycles. The van der Waals surface area contributed by atoms with Crippen molar-refractivity contribution in [2.24, 2.45) is 5.41 Å². The van der Waals surface area contributed by atoms with Crippen molar-refractivity contribution in [1.82, 2.24) is 21.0 Å². The molecule has 0 aliphatic heterocycles. The normalized spacial score (nSPS) is 12.7. The third-order valence-electron chi connectivity index (χ3n) is 4.37. The Balaban J connectivity index is 0.00000392. The Morgan fingerprint density at radius 2 is 1.61 bits per heavy atom. The number of carbonyl (C=O) groups is 2. The standard InChI is InChI=1S/C20H28N4O3.CH4/c1-19(2,3)15-11-14(22-23-15)18(26)21-16(20(4,5)6)12-7-9-13(10-8-12)17(25)24-27;/h7-11,16,27H,1-6H3,(H,21,26)(H,22,23)(H,24,25);1H4. The molecule has 28 heavy (non-hydrogen) atoms. The van der Waals surface area contributed by atoms with Gasteiger partial charge in [-0.05, 0) is 29.2 Å². The average molecular weight is 389 g/mol. The number of H-pyrrole nitrogens is 1. The van der Waals surface area contributed by atoms with Gasteiger partial charge in [-0.3, -0.25) is 19.9 Å². The first-order valence-electron chi connectivity index (χ1n) is 8.84. The van der Waals surface area contributed by atoms with Gasteiger partial charge in [-0.15, -0.1) is 0 Å². The number of nitrogens with one attached hydrogen (secondary N) is 3. The van der Waals surface area contributed by atoms with Crippen LogP contribution < -0.4 is 10.8 Å². The zero-order valence-corrected chi connectivity index (χ0v) is 16.7. The van der Waals surface area contributed by atoms with E-state index in [9.17, 15) is 9.59 Å². The van der Waals surface area contributed by atoms with Gasteiger partial charge in [0.05, 0.1) is 6.04 Å². The fraction of sp³-hybridized carbons (Fsp3) is 0.476. The molecule has 0 aliphatic rings. The van der Waals surface area contributed by atoms with E-state index in [0.717, 1.165) is 11.3 Å². The molecule has 7 nitrogen and oxygen atoms in total. The second-order valence-electron chi connectivity index (χ2n) is 8.75. The minimum absolute atomic E-state index is 0. The summed E-state index contributed by atoms with van der Waals surface area (Å²) in [5, 5.41) is 18.8. The number of hydrogen-bond acceptors (Lipinski definition) is 4. The summed E-state index contributed by atoms with van der Waals surface area (Å²) in [7, 11) is 0. The van der Waals surface area contributed by atoms with Crippen molar-refractivity contribution < 1.29 is 14.8 Å². The minimum atomic E-state index is -0.580. The first-order valence-corrected chi connectivity index (χ1v) is 8.84. The van der Waals surface area contributed by atoms with E-state index < -0.39 is 5.91 Å². The lowest BCUT2D eigenvalue weighted by Crippen LogP contribution is -2.36. The smallest absolute Gasteiger partial charge is 0.274 e. The van der Waals surface area contributed by atoms with Crippen LogP contribution in [0.15, 0.2) is 30.3 Å². The van der Waals surface area contributed by atoms with E-state index in [-0.39, 0.29) is 30.2 Å². The molecule has 1 aromatic carbocycles. The zero-order valence-electron chi connectivity index (χ0n) is 16.7. The molecular weight excluding hydrogens is 356 g/mol. The highest BCUT2D eigenvalue weighted by atomic mass is 16.5. The summed E-state index contributed by atoms with van der Waals surface area (Å²) in [5.74, 6) is -0.844. The summed E-state index contributed by atoms with van der Waals surface area (Å²) >= 11 is 0. The van der Waals surface area contributed by atoms with Gasteiger partial charge in [0.1, 0.15) is 5.69 Å². The molecule has 1 aromatic heterocycles. The SMILES string of the molecule is C.CC(C)(C)c1cc(C(=O)NC(c2ccc(C(=O)NO)cc2)C(C)(C)C)n[nH]1. The Hall–Kier alpha value is -2.67. The molecule has 2 rings (SSSR count). The van der Waals surface area contributed by atoms with Crippen LogP contribution >= 0.6 is 0 Å². The van der Waals surface area contributed by atoms with Crippen LogP contribution in [0.4, 0.5) is 0 Å². The highest BCUT2D eigenvalue weighted by molar-refractivity contribution is 5.94. The topological polar surface area (TPSA) is 107 Å². The van der Waals surface area contributed by atoms with E-state index in [0.29, 0.717) is 11.3 Å². The van der Waals surface area contributed by atoms with E-state index in [1.54, 1.807) is 35.8 Å². The van der Waals surface area contributed by atoms with Crippen LogP contribution in [0.25, 0.3) is 0 Å². The summed E-state index contributed by atoms with van der Waals surface area (Å²) in [6.45, 7) is 12.2. The third kappa shape index (κ3) is 5.42. The van der Waals surface area contributed by atoms with Gasteiger partial charge in [0.25, 0.3) is 11.8 Å². The van der Waals surface area contributed by atoms with Gasteiger partial charge < -0.3 is 5.32 Å². The second kappa shape index (κ2) is 8.56. The Labute approximate surface area is 166 Å². The van der Waals surface area contributed by atoms with E-state index in [1.807, 2.05) is 41.5 Å². The minimum Gasteiger partial charge on any atom is -0.343 e. The number of aromatic amines is 1. The van der Waals surface area contributed by atoms with Gasteiger partial charge in [0.2, 0.25) is 0 Å². The van der Waals surface area contributed by atoms with Crippen LogP contribution in [0.1, 0.15) is 87.1 Å². The lowest BCUT2D eigenvalue weighted by Gasteiger charge is -2.32. The highest BCUT2D eigenvalue weighted by Crippen LogP contribution is 2.33. The monoisotopic (exact) mass is 388 g/mol. The highest BCUT2D eigenvalue weighted by Gasteiger charge is 2.29. The number of aromatic nitrogens is 2. The van der Waals surface area contributed by atoms with Crippen LogP contribution in [-0.4, -0.2) is 27.2 Å². The van der Waals surface area contributed by atoms with E-state index in [1.165, 1.54) is 0 Å². The number of carbonyl (C=O) groups excluding carboxylic acids is 2. The largest absolute Gasteiger partial charge is 0.343 e. The van der Waals surface area contributed by atoms with Crippen LogP contribution in [0.2, 0.25) is 0 Å². The lowest BCUT2D eigenvalue weighted by molar-refractivity contribution is 0.0706. The first kappa shape index (κ1) is 23.4. The molecule has 1 heterocycles. The summed E-state index contributed by atoms with van der Waals surface area (Å²) in [4.78, 5) is 24.2. The molecule has 154 valence electrons. The fourth-order valence-corrected chi connectivity index (χ4v) is 2.72. The molecule has 0 radical (unpaired) electrons. The van der Waals surface area contributed by atoms with E-state index in [4.69, 9.17) is 5.21 Å². The van der Waals surface area contributed by atoms with E-state index in [2.05, 4.69) is 15.5 Å². The molecule has 0 aliphatic carbocycles. The molecule has 0 saturated carbocycles. The summed E-state index contributed by atoms with van der Waals surface area (Å²) < 4.78 is 0. The van der Waals surface area contributed by atoms with Crippen molar-refractivity contribution in [3.63, 3.8) is 0 Å². The molecular formula is C21H32N4O3. The summed E-state index contributed by atoms with van der Waals surface area (Å²) in [6.07, 6.45) is 0. The number of hydroxylamine groups is 1. The Kier molecular flexibility index (Phi) is 7.15. The predicted octanol–water partition coefficient (Wildman–Crippen LogP) is 3.98. The molecule has 2 aromatic rings. The number of rotatable bonds is 4. The van der Waals surface area contributed by atoms with Crippen molar-refractivity contribution in [2.75, 3.05) is 0 Å². The maximum absolute atomic E-state index is 12.7. The second-order valence-corrected chi connectivity index (χ2v) is 8.75. The van der Waals surface area contributed by atoms with Gasteiger partial charge in [-0.1, -0.05) is 61.1 Å². The maximum atomic E-state index is 12.7. The van der Waals surface area contributed by atoms with Crippen LogP contribution in [0, 0.1) is 5.41 Å². The number of amides is 2. The number of nitrogens with zero attached hydrogens (tertiary/aromatic N) is 1. The van der Waals surface area contributed by atoms with Crippen molar-refractivity contribution in [3.8, 4) is 0 Å². The van der Waals surface area contributed by atoms with Gasteiger partial charge >= 0.3 is 0 Å². The van der Waals surface area contributed by atoms with Gasteiger partial charge in [-0.2, -0.15) is 5.10 Å². The van der Waals surface area contributed by atoms with Gasteiger partial charge in [0.15, 0.2) is 0 Å². The van der Waals surface area contributed by atoms with Crippen LogP contribution in [0.5, 0.6) is 0 Å². The third-order valence-corrected chi connectivity index (χ3v) is 4.37. The lowest BCUT2D eigenvalue weighted by atomic mass is 9.82. The van der Waals surface area contributed by atoms with Crippen LogP contribution in [0.3, 0.4) is 0 Å². The molecule has 1 atom stereocenters. The first-order chi connectivity index (χ1) is 12.4. The molecule has 0 bridgehead atoms. The Bertz CT molecular complexity index is 811. The van der Waals surface area contributed by atoms with Crippen molar-refractivity contribution in [1.29, 1.82) is 0 Å². The molecule has 0 spiro atoms. The quantitative estimate of drug-likeness (QED) is 0.469. The summed E-state index contributed by atoms with van der Waals surface area (Å²) in [5.41, 5.74) is 3.64. The zero-order chi connectivity index (χ0) is 20.4. The number of benzene rings is 1. The van der Waals surface area contributed by atoms with Crippen molar-refractivity contribution >= 4 is 11.8 Å². The van der Waals surface area contributed by atoms with E-state index >= 15 is 0 Å².